The monoisotopic (exact) mass is 408 g/mol. The number of rotatable bonds is 8. The van der Waals surface area contributed by atoms with Crippen molar-refractivity contribution < 1.29 is 9.59 Å². The van der Waals surface area contributed by atoms with E-state index in [9.17, 15) is 9.59 Å². The van der Waals surface area contributed by atoms with Gasteiger partial charge < -0.3 is 10.2 Å². The normalized spacial score (nSPS) is 12.3. The molecule has 0 fully saturated rings. The number of amides is 2. The molecule has 2 aromatic carbocycles. The van der Waals surface area contributed by atoms with E-state index in [0.717, 1.165) is 11.1 Å². The summed E-state index contributed by atoms with van der Waals surface area (Å²) in [6, 6.07) is 15.9. The molecule has 1 N–H and O–H groups in total. The van der Waals surface area contributed by atoms with E-state index in [1.54, 1.807) is 4.90 Å². The quantitative estimate of drug-likeness (QED) is 0.671. The highest BCUT2D eigenvalue weighted by molar-refractivity contribution is 5.88. The minimum atomic E-state index is -0.490. The van der Waals surface area contributed by atoms with Gasteiger partial charge in [-0.1, -0.05) is 66.6 Å². The highest BCUT2D eigenvalue weighted by Crippen LogP contribution is 2.17. The summed E-state index contributed by atoms with van der Waals surface area (Å²) in [6.07, 6.45) is 1.62. The average molecular weight is 409 g/mol. The molecule has 162 valence electrons. The van der Waals surface area contributed by atoms with Crippen LogP contribution in [0.2, 0.25) is 0 Å². The molecule has 30 heavy (non-hydrogen) atoms. The first-order valence-corrected chi connectivity index (χ1v) is 10.8. The van der Waals surface area contributed by atoms with Gasteiger partial charge >= 0.3 is 0 Å². The Balaban J connectivity index is 2.21. The summed E-state index contributed by atoms with van der Waals surface area (Å²) in [4.78, 5) is 28.0. The molecule has 1 atom stereocenters. The van der Waals surface area contributed by atoms with Gasteiger partial charge in [0, 0.05) is 18.5 Å². The number of hydrogen-bond acceptors (Lipinski definition) is 2. The number of hydrogen-bond donors (Lipinski definition) is 1. The molecular weight excluding hydrogens is 372 g/mol. The summed E-state index contributed by atoms with van der Waals surface area (Å²) in [7, 11) is 0. The number of carbonyl (C=O) groups is 2. The van der Waals surface area contributed by atoms with Crippen molar-refractivity contribution in [3.8, 4) is 0 Å². The summed E-state index contributed by atoms with van der Waals surface area (Å²) in [5.74, 6) is -0.0899. The lowest BCUT2D eigenvalue weighted by atomic mass is 10.0. The van der Waals surface area contributed by atoms with E-state index in [2.05, 4.69) is 36.5 Å². The molecule has 0 heterocycles. The third-order valence-corrected chi connectivity index (χ3v) is 5.11. The molecule has 0 unspecified atom stereocenters. The van der Waals surface area contributed by atoms with Gasteiger partial charge in [-0.2, -0.15) is 0 Å². The van der Waals surface area contributed by atoms with E-state index in [0.29, 0.717) is 25.8 Å². The molecule has 0 saturated heterocycles. The zero-order valence-corrected chi connectivity index (χ0v) is 19.3. The lowest BCUT2D eigenvalue weighted by molar-refractivity contribution is -0.142. The van der Waals surface area contributed by atoms with Crippen LogP contribution in [0, 0.1) is 13.8 Å². The predicted molar refractivity (Wildman–Crippen MR) is 123 cm³/mol. The van der Waals surface area contributed by atoms with Gasteiger partial charge in [0.2, 0.25) is 11.8 Å². The highest BCUT2D eigenvalue weighted by Gasteiger charge is 2.30. The smallest absolute Gasteiger partial charge is 0.243 e. The van der Waals surface area contributed by atoms with Crippen LogP contribution in [-0.2, 0) is 22.6 Å². The summed E-state index contributed by atoms with van der Waals surface area (Å²) < 4.78 is 0. The molecule has 4 heteroatoms. The van der Waals surface area contributed by atoms with Gasteiger partial charge in [0.05, 0.1) is 0 Å². The largest absolute Gasteiger partial charge is 0.350 e. The molecule has 0 radical (unpaired) electrons. The first-order chi connectivity index (χ1) is 14.1. The van der Waals surface area contributed by atoms with Gasteiger partial charge in [-0.25, -0.2) is 0 Å². The van der Waals surface area contributed by atoms with Crippen LogP contribution in [0.5, 0.6) is 0 Å². The van der Waals surface area contributed by atoms with Crippen LogP contribution in [0.4, 0.5) is 0 Å². The minimum Gasteiger partial charge on any atom is -0.350 e. The number of aryl methyl sites for hydroxylation is 3. The maximum absolute atomic E-state index is 13.3. The Bertz CT molecular complexity index is 833. The zero-order valence-electron chi connectivity index (χ0n) is 19.3. The first-order valence-electron chi connectivity index (χ1n) is 10.8. The molecule has 2 aromatic rings. The molecule has 0 aliphatic rings. The van der Waals surface area contributed by atoms with E-state index < -0.39 is 6.04 Å². The van der Waals surface area contributed by atoms with Crippen LogP contribution in [-0.4, -0.2) is 28.3 Å². The predicted octanol–water partition coefficient (Wildman–Crippen LogP) is 4.96. The van der Waals surface area contributed by atoms with Gasteiger partial charge in [0.15, 0.2) is 0 Å². The zero-order chi connectivity index (χ0) is 22.3. The van der Waals surface area contributed by atoms with Crippen molar-refractivity contribution in [1.29, 1.82) is 0 Å². The van der Waals surface area contributed by atoms with Gasteiger partial charge in [-0.3, -0.25) is 9.59 Å². The van der Waals surface area contributed by atoms with Crippen LogP contribution in [0.25, 0.3) is 0 Å². The molecule has 0 aliphatic heterocycles. The third kappa shape index (κ3) is 7.33. The van der Waals surface area contributed by atoms with Crippen molar-refractivity contribution in [3.05, 3.63) is 70.8 Å². The van der Waals surface area contributed by atoms with Gasteiger partial charge in [0.1, 0.15) is 6.04 Å². The number of benzene rings is 2. The molecule has 0 aliphatic carbocycles. The van der Waals surface area contributed by atoms with Crippen molar-refractivity contribution in [2.24, 2.45) is 0 Å². The maximum Gasteiger partial charge on any atom is 0.243 e. The fraction of sp³-hybridized carbons (Fsp3) is 0.462. The third-order valence-electron chi connectivity index (χ3n) is 5.11. The lowest BCUT2D eigenvalue weighted by Gasteiger charge is -2.33. The highest BCUT2D eigenvalue weighted by atomic mass is 16.2. The average Bonchev–Trinajstić information content (AvgIpc) is 2.67. The van der Waals surface area contributed by atoms with E-state index in [1.807, 2.05) is 58.9 Å². The second kappa shape index (κ2) is 10.4. The van der Waals surface area contributed by atoms with E-state index >= 15 is 0 Å². The second-order valence-electron chi connectivity index (χ2n) is 9.16. The standard InChI is InChI=1S/C26H36N2O2/c1-7-23(25(30)27-26(4,5)6)28(18-22-14-10-20(3)11-15-22)24(29)17-16-21-12-8-19(2)9-13-21/h8-15,23H,7,16-18H2,1-6H3,(H,27,30)/t23-/m1/s1. The molecule has 0 aromatic heterocycles. The SMILES string of the molecule is CC[C@H](C(=O)NC(C)(C)C)N(Cc1ccc(C)cc1)C(=O)CCc1ccc(C)cc1. The molecule has 2 rings (SSSR count). The Hall–Kier alpha value is -2.62. The number of nitrogens with one attached hydrogen (secondary N) is 1. The van der Waals surface area contributed by atoms with Crippen molar-refractivity contribution in [3.63, 3.8) is 0 Å². The molecular formula is C26H36N2O2. The van der Waals surface area contributed by atoms with E-state index in [1.165, 1.54) is 11.1 Å². The molecule has 0 saturated carbocycles. The Kier molecular flexibility index (Phi) is 8.22. The summed E-state index contributed by atoms with van der Waals surface area (Å²) >= 11 is 0. The lowest BCUT2D eigenvalue weighted by Crippen LogP contribution is -2.53. The van der Waals surface area contributed by atoms with Crippen LogP contribution < -0.4 is 5.32 Å². The Morgan fingerprint density at radius 1 is 0.900 bits per heavy atom. The Morgan fingerprint density at radius 3 is 1.87 bits per heavy atom. The van der Waals surface area contributed by atoms with Gasteiger partial charge in [-0.15, -0.1) is 0 Å². The van der Waals surface area contributed by atoms with Gasteiger partial charge in [0.25, 0.3) is 0 Å². The fourth-order valence-electron chi connectivity index (χ4n) is 3.41. The first kappa shape index (κ1) is 23.7. The minimum absolute atomic E-state index is 0.00654. The van der Waals surface area contributed by atoms with Crippen molar-refractivity contribution in [2.45, 2.75) is 78.9 Å². The molecule has 0 bridgehead atoms. The fourth-order valence-corrected chi connectivity index (χ4v) is 3.41. The topological polar surface area (TPSA) is 49.4 Å². The number of nitrogens with zero attached hydrogens (tertiary/aromatic N) is 1. The second-order valence-corrected chi connectivity index (χ2v) is 9.16. The van der Waals surface area contributed by atoms with Crippen molar-refractivity contribution >= 4 is 11.8 Å². The van der Waals surface area contributed by atoms with Crippen LogP contribution >= 0.6 is 0 Å². The summed E-state index contributed by atoms with van der Waals surface area (Å²) in [5, 5.41) is 3.05. The molecule has 4 nitrogen and oxygen atoms in total. The number of carbonyl (C=O) groups excluding carboxylic acids is 2. The van der Waals surface area contributed by atoms with Crippen molar-refractivity contribution in [1.82, 2.24) is 10.2 Å². The maximum atomic E-state index is 13.3. The van der Waals surface area contributed by atoms with Crippen molar-refractivity contribution in [2.75, 3.05) is 0 Å². The van der Waals surface area contributed by atoms with E-state index in [-0.39, 0.29) is 17.4 Å². The van der Waals surface area contributed by atoms with Crippen LogP contribution in [0.1, 0.15) is 62.8 Å². The molecule has 2 amide bonds. The van der Waals surface area contributed by atoms with Gasteiger partial charge in [-0.05, 0) is 58.6 Å². The van der Waals surface area contributed by atoms with Crippen LogP contribution in [0.15, 0.2) is 48.5 Å². The summed E-state index contributed by atoms with van der Waals surface area (Å²) in [5.41, 5.74) is 4.21. The summed E-state index contributed by atoms with van der Waals surface area (Å²) in [6.45, 7) is 12.4. The Labute approximate surface area is 181 Å². The molecule has 0 spiro atoms. The van der Waals surface area contributed by atoms with E-state index in [4.69, 9.17) is 0 Å². The van der Waals surface area contributed by atoms with Crippen LogP contribution in [0.3, 0.4) is 0 Å². The Morgan fingerprint density at radius 2 is 1.40 bits per heavy atom.